The number of hydrogen-bond donors (Lipinski definition) is 2. The SMILES string of the molecule is O=C1CC2(CCN(C3CC4CCC3CN4C(=O)O)CC2)CN1. The van der Waals surface area contributed by atoms with Crippen LogP contribution in [0.15, 0.2) is 0 Å². The maximum atomic E-state index is 11.5. The average Bonchev–Trinajstić information content (AvgIpc) is 2.89. The molecule has 6 heteroatoms. The molecule has 4 aliphatic heterocycles. The lowest BCUT2D eigenvalue weighted by molar-refractivity contribution is -0.120. The van der Waals surface area contributed by atoms with Crippen molar-refractivity contribution in [3.8, 4) is 0 Å². The molecule has 122 valence electrons. The predicted molar refractivity (Wildman–Crippen MR) is 80.5 cm³/mol. The fourth-order valence-corrected chi connectivity index (χ4v) is 5.20. The Hall–Kier alpha value is -1.30. The monoisotopic (exact) mass is 307 g/mol. The summed E-state index contributed by atoms with van der Waals surface area (Å²) in [5.41, 5.74) is 0.203. The number of piperidine rings is 3. The van der Waals surface area contributed by atoms with Crippen LogP contribution in [0.4, 0.5) is 4.79 Å². The fourth-order valence-electron chi connectivity index (χ4n) is 5.20. The maximum absolute atomic E-state index is 11.5. The van der Waals surface area contributed by atoms with Crippen LogP contribution in [0.2, 0.25) is 0 Å². The molecule has 1 aliphatic carbocycles. The lowest BCUT2D eigenvalue weighted by Crippen LogP contribution is -2.61. The van der Waals surface area contributed by atoms with Crippen molar-refractivity contribution < 1.29 is 14.7 Å². The van der Waals surface area contributed by atoms with Crippen LogP contribution < -0.4 is 5.32 Å². The first-order chi connectivity index (χ1) is 10.6. The summed E-state index contributed by atoms with van der Waals surface area (Å²) < 4.78 is 0. The summed E-state index contributed by atoms with van der Waals surface area (Å²) in [5.74, 6) is 0.709. The molecule has 0 aromatic rings. The molecule has 1 saturated carbocycles. The average molecular weight is 307 g/mol. The van der Waals surface area contributed by atoms with Gasteiger partial charge in [0.1, 0.15) is 0 Å². The molecule has 4 saturated heterocycles. The van der Waals surface area contributed by atoms with Gasteiger partial charge >= 0.3 is 6.09 Å². The van der Waals surface area contributed by atoms with Gasteiger partial charge < -0.3 is 15.3 Å². The lowest BCUT2D eigenvalue weighted by atomic mass is 9.72. The van der Waals surface area contributed by atoms with Crippen LogP contribution in [0, 0.1) is 11.3 Å². The molecule has 4 heterocycles. The van der Waals surface area contributed by atoms with Gasteiger partial charge in [-0.2, -0.15) is 0 Å². The van der Waals surface area contributed by atoms with Crippen molar-refractivity contribution in [3.05, 3.63) is 0 Å². The van der Waals surface area contributed by atoms with Crippen molar-refractivity contribution >= 4 is 12.0 Å². The number of carbonyl (C=O) groups is 2. The molecule has 1 spiro atoms. The molecule has 5 aliphatic rings. The minimum Gasteiger partial charge on any atom is -0.465 e. The van der Waals surface area contributed by atoms with E-state index in [1.165, 1.54) is 6.42 Å². The number of nitrogens with zero attached hydrogens (tertiary/aromatic N) is 2. The van der Waals surface area contributed by atoms with Crippen LogP contribution in [0.1, 0.15) is 38.5 Å². The van der Waals surface area contributed by atoms with Gasteiger partial charge in [-0.3, -0.25) is 9.69 Å². The molecule has 0 radical (unpaired) electrons. The summed E-state index contributed by atoms with van der Waals surface area (Å²) in [6, 6.07) is 0.773. The van der Waals surface area contributed by atoms with E-state index in [4.69, 9.17) is 0 Å². The lowest BCUT2D eigenvalue weighted by Gasteiger charge is -2.53. The second-order valence-electron chi connectivity index (χ2n) is 7.72. The molecule has 5 rings (SSSR count). The highest BCUT2D eigenvalue weighted by Crippen LogP contribution is 2.42. The van der Waals surface area contributed by atoms with Crippen molar-refractivity contribution in [3.63, 3.8) is 0 Å². The highest BCUT2D eigenvalue weighted by atomic mass is 16.4. The smallest absolute Gasteiger partial charge is 0.407 e. The first-order valence-corrected chi connectivity index (χ1v) is 8.57. The van der Waals surface area contributed by atoms with Crippen molar-refractivity contribution in [1.29, 1.82) is 0 Å². The van der Waals surface area contributed by atoms with Crippen molar-refractivity contribution in [2.24, 2.45) is 11.3 Å². The third-order valence-electron chi connectivity index (χ3n) is 6.57. The second-order valence-corrected chi connectivity index (χ2v) is 7.72. The van der Waals surface area contributed by atoms with E-state index in [1.807, 2.05) is 0 Å². The van der Waals surface area contributed by atoms with Crippen LogP contribution in [0.25, 0.3) is 0 Å². The Labute approximate surface area is 130 Å². The maximum Gasteiger partial charge on any atom is 0.407 e. The van der Waals surface area contributed by atoms with Crippen molar-refractivity contribution in [2.75, 3.05) is 26.2 Å². The van der Waals surface area contributed by atoms with Crippen LogP contribution in [0.3, 0.4) is 0 Å². The van der Waals surface area contributed by atoms with Gasteiger partial charge in [0.2, 0.25) is 5.91 Å². The highest BCUT2D eigenvalue weighted by Gasteiger charge is 2.47. The Morgan fingerprint density at radius 3 is 2.59 bits per heavy atom. The van der Waals surface area contributed by atoms with Crippen LogP contribution in [-0.2, 0) is 4.79 Å². The molecule has 2 bridgehead atoms. The molecule has 6 nitrogen and oxygen atoms in total. The van der Waals surface area contributed by atoms with Crippen molar-refractivity contribution in [1.82, 2.24) is 15.1 Å². The quantitative estimate of drug-likeness (QED) is 0.761. The number of nitrogens with one attached hydrogen (secondary N) is 1. The summed E-state index contributed by atoms with van der Waals surface area (Å²) in [7, 11) is 0. The molecule has 3 unspecified atom stereocenters. The van der Waals surface area contributed by atoms with Gasteiger partial charge in [0, 0.05) is 31.6 Å². The van der Waals surface area contributed by atoms with E-state index in [9.17, 15) is 14.7 Å². The van der Waals surface area contributed by atoms with Gasteiger partial charge in [-0.25, -0.2) is 4.79 Å². The molecule has 2 N–H and O–H groups in total. The van der Waals surface area contributed by atoms with Gasteiger partial charge in [-0.15, -0.1) is 0 Å². The summed E-state index contributed by atoms with van der Waals surface area (Å²) in [4.78, 5) is 27.1. The van der Waals surface area contributed by atoms with E-state index < -0.39 is 6.09 Å². The molecule has 0 aromatic carbocycles. The number of carbonyl (C=O) groups excluding carboxylic acids is 1. The largest absolute Gasteiger partial charge is 0.465 e. The second kappa shape index (κ2) is 5.11. The summed E-state index contributed by atoms with van der Waals surface area (Å²) in [6.07, 6.45) is 5.35. The van der Waals surface area contributed by atoms with Crippen LogP contribution in [-0.4, -0.2) is 65.2 Å². The number of carboxylic acid groups (broad SMARTS) is 1. The Morgan fingerprint density at radius 1 is 1.27 bits per heavy atom. The minimum absolute atomic E-state index is 0.203. The number of likely N-dealkylation sites (tertiary alicyclic amines) is 1. The summed E-state index contributed by atoms with van der Waals surface area (Å²) in [5, 5.41) is 12.3. The topological polar surface area (TPSA) is 72.9 Å². The molecular weight excluding hydrogens is 282 g/mol. The number of fused-ring (bicyclic) bond motifs is 3. The normalized spacial score (nSPS) is 37.5. The third-order valence-corrected chi connectivity index (χ3v) is 6.57. The summed E-state index contributed by atoms with van der Waals surface area (Å²) in [6.45, 7) is 3.70. The van der Waals surface area contributed by atoms with E-state index in [2.05, 4.69) is 10.2 Å². The van der Waals surface area contributed by atoms with E-state index in [-0.39, 0.29) is 17.4 Å². The Bertz CT molecular complexity index is 487. The van der Waals surface area contributed by atoms with Gasteiger partial charge in [0.15, 0.2) is 0 Å². The van der Waals surface area contributed by atoms with E-state index >= 15 is 0 Å². The molecule has 22 heavy (non-hydrogen) atoms. The first-order valence-electron chi connectivity index (χ1n) is 8.57. The zero-order valence-electron chi connectivity index (χ0n) is 13.0. The fraction of sp³-hybridized carbons (Fsp3) is 0.875. The minimum atomic E-state index is -0.749. The zero-order valence-corrected chi connectivity index (χ0v) is 13.0. The predicted octanol–water partition coefficient (Wildman–Crippen LogP) is 1.12. The number of amides is 2. The third kappa shape index (κ3) is 2.28. The summed E-state index contributed by atoms with van der Waals surface area (Å²) >= 11 is 0. The van der Waals surface area contributed by atoms with E-state index in [0.29, 0.717) is 24.9 Å². The Morgan fingerprint density at radius 2 is 2.05 bits per heavy atom. The van der Waals surface area contributed by atoms with Gasteiger partial charge in [0.25, 0.3) is 0 Å². The number of rotatable bonds is 1. The zero-order chi connectivity index (χ0) is 15.3. The Kier molecular flexibility index (Phi) is 3.33. The molecule has 3 atom stereocenters. The molecule has 0 aromatic heterocycles. The van der Waals surface area contributed by atoms with Crippen molar-refractivity contribution in [2.45, 2.75) is 50.6 Å². The van der Waals surface area contributed by atoms with Gasteiger partial charge in [0.05, 0.1) is 0 Å². The van der Waals surface area contributed by atoms with Crippen LogP contribution >= 0.6 is 0 Å². The first kappa shape index (κ1) is 14.3. The van der Waals surface area contributed by atoms with E-state index in [1.54, 1.807) is 4.90 Å². The molecule has 2 amide bonds. The molecule has 5 fully saturated rings. The van der Waals surface area contributed by atoms with E-state index in [0.717, 1.165) is 45.3 Å². The Balaban J connectivity index is 1.39. The highest BCUT2D eigenvalue weighted by molar-refractivity contribution is 5.79. The van der Waals surface area contributed by atoms with Gasteiger partial charge in [-0.1, -0.05) is 0 Å². The van der Waals surface area contributed by atoms with Gasteiger partial charge in [-0.05, 0) is 56.5 Å². The number of hydrogen-bond acceptors (Lipinski definition) is 3. The molecular formula is C16H25N3O3. The van der Waals surface area contributed by atoms with Crippen LogP contribution in [0.5, 0.6) is 0 Å². The standard InChI is InChI=1S/C16H25N3O3/c20-14-8-16(10-17-14)3-5-18(6-4-16)13-7-12-2-1-11(13)9-19(12)15(21)22/h11-13H,1-10H2,(H,17,20)(H,21,22).